The number of amides is 1. The number of nitrogens with one attached hydrogen (secondary N) is 1. The molecule has 0 bridgehead atoms. The van der Waals surface area contributed by atoms with Gasteiger partial charge in [-0.15, -0.1) is 11.3 Å². The molecule has 5 nitrogen and oxygen atoms in total. The van der Waals surface area contributed by atoms with Crippen molar-refractivity contribution in [1.82, 2.24) is 4.98 Å². The number of hydrogen-bond acceptors (Lipinski definition) is 5. The van der Waals surface area contributed by atoms with Crippen LogP contribution < -0.4 is 15.8 Å². The van der Waals surface area contributed by atoms with Crippen LogP contribution in [0.25, 0.3) is 32.6 Å². The van der Waals surface area contributed by atoms with Gasteiger partial charge >= 0.3 is 0 Å². The van der Waals surface area contributed by atoms with E-state index in [0.717, 1.165) is 33.5 Å². The summed E-state index contributed by atoms with van der Waals surface area (Å²) >= 11 is 7.24. The summed E-state index contributed by atoms with van der Waals surface area (Å²) in [5.41, 5.74) is 11.3. The molecule has 34 heavy (non-hydrogen) atoms. The van der Waals surface area contributed by atoms with Crippen LogP contribution in [0.4, 0.5) is 11.4 Å². The summed E-state index contributed by atoms with van der Waals surface area (Å²) in [6, 6.07) is 26.7. The maximum Gasteiger partial charge on any atom is 0.267 e. The van der Waals surface area contributed by atoms with Crippen molar-refractivity contribution in [3.05, 3.63) is 94.8 Å². The van der Waals surface area contributed by atoms with Gasteiger partial charge in [-0.05, 0) is 65.7 Å². The first-order valence-corrected chi connectivity index (χ1v) is 11.7. The molecule has 0 radical (unpaired) electrons. The topological polar surface area (TPSA) is 77.2 Å². The Balaban J connectivity index is 1.64. The van der Waals surface area contributed by atoms with Crippen molar-refractivity contribution < 1.29 is 9.53 Å². The quantitative estimate of drug-likeness (QED) is 0.277. The number of carbonyl (C=O) groups excluding carboxylic acids is 1. The fraction of sp³-hybridized carbons (Fsp3) is 0.0370. The van der Waals surface area contributed by atoms with E-state index >= 15 is 0 Å². The van der Waals surface area contributed by atoms with E-state index in [1.165, 1.54) is 11.3 Å². The third-order valence-corrected chi connectivity index (χ3v) is 6.83. The largest absolute Gasteiger partial charge is 0.497 e. The van der Waals surface area contributed by atoms with Crippen molar-refractivity contribution in [3.8, 4) is 28.1 Å². The minimum Gasteiger partial charge on any atom is -0.497 e. The fourth-order valence-electron chi connectivity index (χ4n) is 3.77. The third-order valence-electron chi connectivity index (χ3n) is 5.48. The predicted molar refractivity (Wildman–Crippen MR) is 141 cm³/mol. The van der Waals surface area contributed by atoms with Gasteiger partial charge in [0.25, 0.3) is 5.91 Å². The zero-order valence-corrected chi connectivity index (χ0v) is 19.8. The monoisotopic (exact) mass is 485 g/mol. The molecule has 0 fully saturated rings. The lowest BCUT2D eigenvalue weighted by molar-refractivity contribution is 0.103. The molecule has 168 valence electrons. The Kier molecular flexibility index (Phi) is 5.92. The van der Waals surface area contributed by atoms with Crippen LogP contribution in [-0.2, 0) is 0 Å². The number of pyridine rings is 1. The number of ether oxygens (including phenoxy) is 1. The van der Waals surface area contributed by atoms with Crippen molar-refractivity contribution in [2.45, 2.75) is 0 Å². The molecule has 0 unspecified atom stereocenters. The Labute approximate surface area is 205 Å². The van der Waals surface area contributed by atoms with E-state index < -0.39 is 0 Å². The molecule has 2 aromatic heterocycles. The van der Waals surface area contributed by atoms with Gasteiger partial charge in [0, 0.05) is 21.7 Å². The second-order valence-corrected chi connectivity index (χ2v) is 9.07. The van der Waals surface area contributed by atoms with Crippen molar-refractivity contribution >= 4 is 50.4 Å². The van der Waals surface area contributed by atoms with Crippen LogP contribution >= 0.6 is 22.9 Å². The molecule has 0 aliphatic heterocycles. The van der Waals surface area contributed by atoms with Gasteiger partial charge < -0.3 is 15.8 Å². The molecule has 0 aliphatic rings. The normalized spacial score (nSPS) is 10.9. The standard InChI is InChI=1S/C27H20ClN3O2S/c1-33-20-13-7-17(8-14-20)22-15-21(16-5-3-2-4-6-16)23-24(29)25(34-27(23)31-22)26(32)30-19-11-9-18(28)10-12-19/h2-15H,29H2,1H3,(H,30,32). The van der Waals surface area contributed by atoms with E-state index in [2.05, 4.69) is 5.32 Å². The Morgan fingerprint density at radius 3 is 2.35 bits per heavy atom. The first kappa shape index (κ1) is 21.9. The minimum absolute atomic E-state index is 0.284. The summed E-state index contributed by atoms with van der Waals surface area (Å²) in [4.78, 5) is 19.1. The van der Waals surface area contributed by atoms with Gasteiger partial charge in [-0.1, -0.05) is 41.9 Å². The molecule has 3 N–H and O–H groups in total. The van der Waals surface area contributed by atoms with E-state index in [0.29, 0.717) is 26.1 Å². The highest BCUT2D eigenvalue weighted by Gasteiger charge is 2.22. The summed E-state index contributed by atoms with van der Waals surface area (Å²) in [6.45, 7) is 0. The summed E-state index contributed by atoms with van der Waals surface area (Å²) in [7, 11) is 1.64. The average molecular weight is 486 g/mol. The first-order valence-electron chi connectivity index (χ1n) is 10.5. The fourth-order valence-corrected chi connectivity index (χ4v) is 4.91. The number of carbonyl (C=O) groups is 1. The van der Waals surface area contributed by atoms with Crippen molar-refractivity contribution in [3.63, 3.8) is 0 Å². The average Bonchev–Trinajstić information content (AvgIpc) is 3.22. The van der Waals surface area contributed by atoms with Crippen LogP contribution in [-0.4, -0.2) is 18.0 Å². The van der Waals surface area contributed by atoms with Crippen molar-refractivity contribution in [1.29, 1.82) is 0 Å². The summed E-state index contributed by atoms with van der Waals surface area (Å²) < 4.78 is 5.28. The van der Waals surface area contributed by atoms with Crippen LogP contribution in [0.1, 0.15) is 9.67 Å². The van der Waals surface area contributed by atoms with Crippen LogP contribution in [0, 0.1) is 0 Å². The van der Waals surface area contributed by atoms with Gasteiger partial charge in [-0.25, -0.2) is 4.98 Å². The molecule has 5 rings (SSSR count). The van der Waals surface area contributed by atoms with Gasteiger partial charge in [-0.3, -0.25) is 4.79 Å². The highest BCUT2D eigenvalue weighted by Crippen LogP contribution is 2.41. The Morgan fingerprint density at radius 1 is 0.971 bits per heavy atom. The van der Waals surface area contributed by atoms with Gasteiger partial charge in [0.2, 0.25) is 0 Å². The van der Waals surface area contributed by atoms with Crippen LogP contribution in [0.5, 0.6) is 5.75 Å². The van der Waals surface area contributed by atoms with Crippen LogP contribution in [0.15, 0.2) is 84.9 Å². The Bertz CT molecular complexity index is 1480. The first-order chi connectivity index (χ1) is 16.5. The third kappa shape index (κ3) is 4.21. The maximum atomic E-state index is 13.1. The lowest BCUT2D eigenvalue weighted by Gasteiger charge is -2.09. The lowest BCUT2D eigenvalue weighted by Crippen LogP contribution is -2.11. The summed E-state index contributed by atoms with van der Waals surface area (Å²) in [5.74, 6) is 0.488. The van der Waals surface area contributed by atoms with Gasteiger partial charge in [0.15, 0.2) is 0 Å². The molecule has 7 heteroatoms. The molecular weight excluding hydrogens is 466 g/mol. The van der Waals surface area contributed by atoms with Gasteiger partial charge in [0.05, 0.1) is 18.5 Å². The van der Waals surface area contributed by atoms with Gasteiger partial charge in [0.1, 0.15) is 15.5 Å². The SMILES string of the molecule is COc1ccc(-c2cc(-c3ccccc3)c3c(N)c(C(=O)Nc4ccc(Cl)cc4)sc3n2)cc1. The predicted octanol–water partition coefficient (Wildman–Crippen LogP) is 7.13. The van der Waals surface area contributed by atoms with E-state index in [-0.39, 0.29) is 5.91 Å². The number of nitrogens with zero attached hydrogens (tertiary/aromatic N) is 1. The van der Waals surface area contributed by atoms with E-state index in [1.807, 2.05) is 60.7 Å². The van der Waals surface area contributed by atoms with Crippen molar-refractivity contribution in [2.24, 2.45) is 0 Å². The zero-order chi connectivity index (χ0) is 23.7. The number of anilines is 2. The number of fused-ring (bicyclic) bond motifs is 1. The van der Waals surface area contributed by atoms with Gasteiger partial charge in [-0.2, -0.15) is 0 Å². The molecule has 0 aliphatic carbocycles. The number of nitrogens with two attached hydrogens (primary N) is 1. The highest BCUT2D eigenvalue weighted by atomic mass is 35.5. The second-order valence-electron chi connectivity index (χ2n) is 7.64. The molecule has 5 aromatic rings. The number of aromatic nitrogens is 1. The molecule has 2 heterocycles. The molecule has 0 atom stereocenters. The molecule has 0 saturated heterocycles. The number of rotatable bonds is 5. The summed E-state index contributed by atoms with van der Waals surface area (Å²) in [6.07, 6.45) is 0. The van der Waals surface area contributed by atoms with E-state index in [4.69, 9.17) is 27.1 Å². The smallest absolute Gasteiger partial charge is 0.267 e. The number of halogens is 1. The number of benzene rings is 3. The number of hydrogen-bond donors (Lipinski definition) is 2. The molecule has 0 spiro atoms. The molecule has 0 saturated carbocycles. The second kappa shape index (κ2) is 9.17. The highest BCUT2D eigenvalue weighted by molar-refractivity contribution is 7.21. The maximum absolute atomic E-state index is 13.1. The van der Waals surface area contributed by atoms with Crippen molar-refractivity contribution in [2.75, 3.05) is 18.2 Å². The number of thiophene rings is 1. The molecule has 1 amide bonds. The minimum atomic E-state index is -0.284. The van der Waals surface area contributed by atoms with Crippen LogP contribution in [0.3, 0.4) is 0 Å². The number of methoxy groups -OCH3 is 1. The Hall–Kier alpha value is -3.87. The van der Waals surface area contributed by atoms with E-state index in [9.17, 15) is 4.79 Å². The Morgan fingerprint density at radius 2 is 1.68 bits per heavy atom. The molecular formula is C27H20ClN3O2S. The summed E-state index contributed by atoms with van der Waals surface area (Å²) in [5, 5.41) is 4.27. The number of nitrogen functional groups attached to an aromatic ring is 1. The molecule has 3 aromatic carbocycles. The van der Waals surface area contributed by atoms with E-state index in [1.54, 1.807) is 31.4 Å². The zero-order valence-electron chi connectivity index (χ0n) is 18.2. The lowest BCUT2D eigenvalue weighted by atomic mass is 9.99. The van der Waals surface area contributed by atoms with Crippen LogP contribution in [0.2, 0.25) is 5.02 Å².